The highest BCUT2D eigenvalue weighted by Crippen LogP contribution is 2.25. The molecule has 0 aliphatic carbocycles. The SMILES string of the molecule is CCC(C)Oc1cccc(NC(CC)c2ccccc2)c1. The summed E-state index contributed by atoms with van der Waals surface area (Å²) >= 11 is 0. The maximum atomic E-state index is 5.89. The maximum absolute atomic E-state index is 5.89. The summed E-state index contributed by atoms with van der Waals surface area (Å²) in [6.07, 6.45) is 2.30. The van der Waals surface area contributed by atoms with Gasteiger partial charge < -0.3 is 10.1 Å². The highest BCUT2D eigenvalue weighted by molar-refractivity contribution is 5.50. The molecule has 0 amide bonds. The van der Waals surface area contributed by atoms with E-state index in [-0.39, 0.29) is 6.10 Å². The van der Waals surface area contributed by atoms with E-state index in [2.05, 4.69) is 68.6 Å². The summed E-state index contributed by atoms with van der Waals surface area (Å²) in [6.45, 7) is 6.43. The van der Waals surface area contributed by atoms with E-state index >= 15 is 0 Å². The molecule has 21 heavy (non-hydrogen) atoms. The van der Waals surface area contributed by atoms with Crippen molar-refractivity contribution in [3.63, 3.8) is 0 Å². The van der Waals surface area contributed by atoms with Crippen LogP contribution in [0.4, 0.5) is 5.69 Å². The first kappa shape index (κ1) is 15.4. The van der Waals surface area contributed by atoms with Gasteiger partial charge in [-0.05, 0) is 37.5 Å². The molecule has 2 aromatic rings. The molecule has 0 aromatic heterocycles. The van der Waals surface area contributed by atoms with E-state index in [1.54, 1.807) is 0 Å². The summed E-state index contributed by atoms with van der Waals surface area (Å²) in [5.41, 5.74) is 2.42. The van der Waals surface area contributed by atoms with E-state index in [9.17, 15) is 0 Å². The monoisotopic (exact) mass is 283 g/mol. The van der Waals surface area contributed by atoms with Gasteiger partial charge in [0.1, 0.15) is 5.75 Å². The molecule has 2 unspecified atom stereocenters. The predicted octanol–water partition coefficient (Wildman–Crippen LogP) is 5.43. The van der Waals surface area contributed by atoms with Crippen LogP contribution < -0.4 is 10.1 Å². The van der Waals surface area contributed by atoms with Crippen LogP contribution in [0.3, 0.4) is 0 Å². The third-order valence-corrected chi connectivity index (χ3v) is 3.70. The lowest BCUT2D eigenvalue weighted by Gasteiger charge is -2.20. The van der Waals surface area contributed by atoms with Crippen molar-refractivity contribution in [3.8, 4) is 5.75 Å². The fraction of sp³-hybridized carbons (Fsp3) is 0.368. The van der Waals surface area contributed by atoms with E-state index in [1.165, 1.54) is 5.56 Å². The fourth-order valence-corrected chi connectivity index (χ4v) is 2.28. The molecular weight excluding hydrogens is 258 g/mol. The molecule has 0 bridgehead atoms. The van der Waals surface area contributed by atoms with Crippen LogP contribution in [0.1, 0.15) is 45.2 Å². The van der Waals surface area contributed by atoms with Crippen molar-refractivity contribution < 1.29 is 4.74 Å². The standard InChI is InChI=1S/C19H25NO/c1-4-15(3)21-18-13-9-12-17(14-18)20-19(5-2)16-10-7-6-8-11-16/h6-15,19-20H,4-5H2,1-3H3. The van der Waals surface area contributed by atoms with Gasteiger partial charge in [-0.15, -0.1) is 0 Å². The molecule has 2 atom stereocenters. The maximum Gasteiger partial charge on any atom is 0.121 e. The van der Waals surface area contributed by atoms with E-state index in [0.717, 1.165) is 24.3 Å². The van der Waals surface area contributed by atoms with Crippen molar-refractivity contribution in [2.75, 3.05) is 5.32 Å². The fourth-order valence-electron chi connectivity index (χ4n) is 2.28. The zero-order chi connectivity index (χ0) is 15.1. The van der Waals surface area contributed by atoms with Gasteiger partial charge in [0.05, 0.1) is 12.1 Å². The van der Waals surface area contributed by atoms with E-state index in [4.69, 9.17) is 4.74 Å². The molecule has 2 aromatic carbocycles. The summed E-state index contributed by atoms with van der Waals surface area (Å²) in [5, 5.41) is 3.60. The average molecular weight is 283 g/mol. The van der Waals surface area contributed by atoms with Crippen LogP contribution >= 0.6 is 0 Å². The lowest BCUT2D eigenvalue weighted by Crippen LogP contribution is -2.11. The van der Waals surface area contributed by atoms with Crippen molar-refractivity contribution in [2.45, 2.75) is 45.8 Å². The van der Waals surface area contributed by atoms with Gasteiger partial charge in [0.25, 0.3) is 0 Å². The summed E-state index contributed by atoms with van der Waals surface area (Å²) in [6, 6.07) is 19.1. The second-order valence-electron chi connectivity index (χ2n) is 5.38. The van der Waals surface area contributed by atoms with Crippen molar-refractivity contribution >= 4 is 5.69 Å². The van der Waals surface area contributed by atoms with Crippen LogP contribution in [0, 0.1) is 0 Å². The van der Waals surface area contributed by atoms with Crippen molar-refractivity contribution in [3.05, 3.63) is 60.2 Å². The number of hydrogen-bond acceptors (Lipinski definition) is 2. The third kappa shape index (κ3) is 4.52. The molecule has 0 radical (unpaired) electrons. The van der Waals surface area contributed by atoms with Gasteiger partial charge in [-0.25, -0.2) is 0 Å². The van der Waals surface area contributed by atoms with Crippen molar-refractivity contribution in [1.29, 1.82) is 0 Å². The molecule has 0 heterocycles. The first-order valence-electron chi connectivity index (χ1n) is 7.81. The molecule has 2 heteroatoms. The van der Waals surface area contributed by atoms with E-state index < -0.39 is 0 Å². The number of hydrogen-bond donors (Lipinski definition) is 1. The van der Waals surface area contributed by atoms with Gasteiger partial charge in [0.2, 0.25) is 0 Å². The van der Waals surface area contributed by atoms with Gasteiger partial charge >= 0.3 is 0 Å². The number of benzene rings is 2. The van der Waals surface area contributed by atoms with Gasteiger partial charge in [0, 0.05) is 11.8 Å². The first-order chi connectivity index (χ1) is 10.2. The zero-order valence-corrected chi connectivity index (χ0v) is 13.2. The number of ether oxygens (including phenoxy) is 1. The Kier molecular flexibility index (Phi) is 5.68. The van der Waals surface area contributed by atoms with Crippen LogP contribution in [-0.4, -0.2) is 6.10 Å². The molecule has 112 valence electrons. The largest absolute Gasteiger partial charge is 0.491 e. The van der Waals surface area contributed by atoms with Crippen LogP contribution in [0.5, 0.6) is 5.75 Å². The average Bonchev–Trinajstić information content (AvgIpc) is 2.53. The number of anilines is 1. The van der Waals surface area contributed by atoms with Gasteiger partial charge in [0.15, 0.2) is 0 Å². The summed E-state index contributed by atoms with van der Waals surface area (Å²) in [4.78, 5) is 0. The Morgan fingerprint density at radius 1 is 0.952 bits per heavy atom. The minimum absolute atomic E-state index is 0.247. The normalized spacial score (nSPS) is 13.5. The molecule has 0 saturated carbocycles. The third-order valence-electron chi connectivity index (χ3n) is 3.70. The predicted molar refractivity (Wildman–Crippen MR) is 89.9 cm³/mol. The first-order valence-corrected chi connectivity index (χ1v) is 7.81. The molecule has 1 N–H and O–H groups in total. The van der Waals surface area contributed by atoms with Crippen LogP contribution in [-0.2, 0) is 0 Å². The van der Waals surface area contributed by atoms with Crippen molar-refractivity contribution in [2.24, 2.45) is 0 Å². The molecular formula is C19H25NO. The number of rotatable bonds is 7. The topological polar surface area (TPSA) is 21.3 Å². The summed E-state index contributed by atoms with van der Waals surface area (Å²) < 4.78 is 5.89. The highest BCUT2D eigenvalue weighted by Gasteiger charge is 2.09. The van der Waals surface area contributed by atoms with Gasteiger partial charge in [-0.3, -0.25) is 0 Å². The number of nitrogens with one attached hydrogen (secondary N) is 1. The minimum Gasteiger partial charge on any atom is -0.491 e. The van der Waals surface area contributed by atoms with Crippen LogP contribution in [0.2, 0.25) is 0 Å². The summed E-state index contributed by atoms with van der Waals surface area (Å²) in [7, 11) is 0. The zero-order valence-electron chi connectivity index (χ0n) is 13.2. The van der Waals surface area contributed by atoms with Crippen LogP contribution in [0.15, 0.2) is 54.6 Å². The molecule has 0 aliphatic rings. The van der Waals surface area contributed by atoms with E-state index in [0.29, 0.717) is 6.04 Å². The molecule has 2 rings (SSSR count). The molecule has 0 fully saturated rings. The Morgan fingerprint density at radius 2 is 1.71 bits per heavy atom. The molecule has 2 nitrogen and oxygen atoms in total. The minimum atomic E-state index is 0.247. The highest BCUT2D eigenvalue weighted by atomic mass is 16.5. The van der Waals surface area contributed by atoms with Gasteiger partial charge in [-0.2, -0.15) is 0 Å². The quantitative estimate of drug-likeness (QED) is 0.732. The lowest BCUT2D eigenvalue weighted by molar-refractivity contribution is 0.217. The Morgan fingerprint density at radius 3 is 2.38 bits per heavy atom. The Balaban J connectivity index is 2.09. The van der Waals surface area contributed by atoms with Gasteiger partial charge in [-0.1, -0.05) is 50.2 Å². The lowest BCUT2D eigenvalue weighted by atomic mass is 10.0. The molecule has 0 aliphatic heterocycles. The second kappa shape index (κ2) is 7.72. The Hall–Kier alpha value is -1.96. The second-order valence-corrected chi connectivity index (χ2v) is 5.38. The molecule has 0 spiro atoms. The van der Waals surface area contributed by atoms with E-state index in [1.807, 2.05) is 12.1 Å². The Labute approximate surface area is 128 Å². The van der Waals surface area contributed by atoms with Crippen LogP contribution in [0.25, 0.3) is 0 Å². The summed E-state index contributed by atoms with van der Waals surface area (Å²) in [5.74, 6) is 0.928. The Bertz CT molecular complexity index is 538. The van der Waals surface area contributed by atoms with Crippen molar-refractivity contribution in [1.82, 2.24) is 0 Å². The smallest absolute Gasteiger partial charge is 0.121 e. The molecule has 0 saturated heterocycles.